The Bertz CT molecular complexity index is 858. The number of rotatable bonds is 6. The lowest BCUT2D eigenvalue weighted by molar-refractivity contribution is -0.0511. The van der Waals surface area contributed by atoms with Gasteiger partial charge in [-0.25, -0.2) is 4.98 Å². The van der Waals surface area contributed by atoms with Crippen molar-refractivity contribution in [2.45, 2.75) is 58.7 Å². The molecule has 0 spiro atoms. The van der Waals surface area contributed by atoms with Gasteiger partial charge in [0.1, 0.15) is 17.5 Å². The first-order valence-corrected chi connectivity index (χ1v) is 9.22. The number of aliphatic hydroxyl groups excluding tert-OH is 1. The third kappa shape index (κ3) is 3.86. The molecule has 7 nitrogen and oxygen atoms in total. The van der Waals surface area contributed by atoms with Gasteiger partial charge in [-0.05, 0) is 24.0 Å². The maximum atomic E-state index is 9.93. The number of pyridine rings is 1. The van der Waals surface area contributed by atoms with Crippen molar-refractivity contribution >= 4 is 11.8 Å². The first-order chi connectivity index (χ1) is 12.8. The van der Waals surface area contributed by atoms with Gasteiger partial charge < -0.3 is 15.7 Å². The van der Waals surface area contributed by atoms with Crippen LogP contribution in [0.5, 0.6) is 0 Å². The van der Waals surface area contributed by atoms with E-state index in [1.54, 1.807) is 6.20 Å². The van der Waals surface area contributed by atoms with Gasteiger partial charge in [0.2, 0.25) is 5.95 Å². The molecule has 2 atom stereocenters. The van der Waals surface area contributed by atoms with Crippen LogP contribution < -0.4 is 10.6 Å². The van der Waals surface area contributed by atoms with Crippen LogP contribution in [0.1, 0.15) is 56.9 Å². The van der Waals surface area contributed by atoms with E-state index in [1.165, 1.54) is 6.20 Å². The number of anilines is 2. The summed E-state index contributed by atoms with van der Waals surface area (Å²) < 4.78 is 0. The van der Waals surface area contributed by atoms with Crippen molar-refractivity contribution in [1.82, 2.24) is 15.0 Å². The largest absolute Gasteiger partial charge is 0.392 e. The molecule has 0 unspecified atom stereocenters. The van der Waals surface area contributed by atoms with Crippen LogP contribution in [0.3, 0.4) is 0 Å². The zero-order valence-electron chi connectivity index (χ0n) is 16.2. The number of aliphatic hydroxyl groups is 1. The Balaban J connectivity index is 1.75. The molecular formula is C20H26N6O. The maximum absolute atomic E-state index is 9.93. The molecule has 1 aliphatic carbocycles. The van der Waals surface area contributed by atoms with E-state index < -0.39 is 0 Å². The predicted molar refractivity (Wildman–Crippen MR) is 104 cm³/mol. The minimum absolute atomic E-state index is 0.0632. The number of hydrogen-bond donors (Lipinski definition) is 3. The summed E-state index contributed by atoms with van der Waals surface area (Å²) >= 11 is 0. The van der Waals surface area contributed by atoms with Crippen LogP contribution >= 0.6 is 0 Å². The molecule has 0 bridgehead atoms. The van der Waals surface area contributed by atoms with Crippen LogP contribution in [-0.4, -0.2) is 32.2 Å². The van der Waals surface area contributed by atoms with E-state index in [-0.39, 0.29) is 17.6 Å². The Morgan fingerprint density at radius 2 is 2.15 bits per heavy atom. The molecular weight excluding hydrogens is 340 g/mol. The first-order valence-electron chi connectivity index (χ1n) is 9.22. The molecule has 2 aromatic rings. The summed E-state index contributed by atoms with van der Waals surface area (Å²) in [5, 5.41) is 25.8. The summed E-state index contributed by atoms with van der Waals surface area (Å²) in [5.74, 6) is 1.28. The molecule has 1 fully saturated rings. The SMILES string of the molecule is CC(C)c1ncccc1CNc1ncc(C#N)c(N[C@H]2C[C@@H](O)C2(C)C)n1. The number of hydrogen-bond acceptors (Lipinski definition) is 7. The molecule has 142 valence electrons. The highest BCUT2D eigenvalue weighted by molar-refractivity contribution is 5.54. The second-order valence-corrected chi connectivity index (χ2v) is 7.89. The minimum Gasteiger partial charge on any atom is -0.392 e. The van der Waals surface area contributed by atoms with Crippen LogP contribution in [0.2, 0.25) is 0 Å². The Morgan fingerprint density at radius 1 is 1.37 bits per heavy atom. The molecule has 7 heteroatoms. The van der Waals surface area contributed by atoms with Crippen molar-refractivity contribution in [3.8, 4) is 6.07 Å². The Hall–Kier alpha value is -2.72. The predicted octanol–water partition coefficient (Wildman–Crippen LogP) is 3.05. The van der Waals surface area contributed by atoms with E-state index in [1.807, 2.05) is 26.0 Å². The highest BCUT2D eigenvalue weighted by Gasteiger charge is 2.47. The van der Waals surface area contributed by atoms with Gasteiger partial charge in [0.15, 0.2) is 0 Å². The lowest BCUT2D eigenvalue weighted by Gasteiger charge is -2.49. The Morgan fingerprint density at radius 3 is 2.78 bits per heavy atom. The van der Waals surface area contributed by atoms with Crippen LogP contribution in [0.15, 0.2) is 24.5 Å². The average molecular weight is 366 g/mol. The van der Waals surface area contributed by atoms with Gasteiger partial charge >= 0.3 is 0 Å². The van der Waals surface area contributed by atoms with E-state index >= 15 is 0 Å². The second-order valence-electron chi connectivity index (χ2n) is 7.89. The fourth-order valence-electron chi connectivity index (χ4n) is 3.27. The minimum atomic E-state index is -0.347. The first kappa shape index (κ1) is 19.1. The van der Waals surface area contributed by atoms with Crippen LogP contribution in [0.4, 0.5) is 11.8 Å². The topological polar surface area (TPSA) is 107 Å². The molecule has 0 aliphatic heterocycles. The number of nitriles is 1. The average Bonchev–Trinajstić information content (AvgIpc) is 2.66. The summed E-state index contributed by atoms with van der Waals surface area (Å²) in [7, 11) is 0. The van der Waals surface area contributed by atoms with E-state index in [0.717, 1.165) is 11.3 Å². The fourth-order valence-corrected chi connectivity index (χ4v) is 3.27. The van der Waals surface area contributed by atoms with Gasteiger partial charge in [-0.15, -0.1) is 0 Å². The molecule has 1 saturated carbocycles. The highest BCUT2D eigenvalue weighted by atomic mass is 16.3. The maximum Gasteiger partial charge on any atom is 0.224 e. The fraction of sp³-hybridized carbons (Fsp3) is 0.500. The van der Waals surface area contributed by atoms with Gasteiger partial charge in [-0.3, -0.25) is 4.98 Å². The number of nitrogens with one attached hydrogen (secondary N) is 2. The van der Waals surface area contributed by atoms with Gasteiger partial charge in [0.05, 0.1) is 12.3 Å². The van der Waals surface area contributed by atoms with Gasteiger partial charge in [0.25, 0.3) is 0 Å². The quantitative estimate of drug-likeness (QED) is 0.721. The van der Waals surface area contributed by atoms with Crippen molar-refractivity contribution < 1.29 is 5.11 Å². The summed E-state index contributed by atoms with van der Waals surface area (Å²) in [6.45, 7) is 8.78. The normalized spacial score (nSPS) is 20.6. The molecule has 3 rings (SSSR count). The molecule has 2 aromatic heterocycles. The zero-order chi connectivity index (χ0) is 19.6. The van der Waals surface area contributed by atoms with Crippen molar-refractivity contribution in [1.29, 1.82) is 5.26 Å². The van der Waals surface area contributed by atoms with Crippen LogP contribution in [0.25, 0.3) is 0 Å². The lowest BCUT2D eigenvalue weighted by atomic mass is 9.64. The molecule has 0 amide bonds. The summed E-state index contributed by atoms with van der Waals surface area (Å²) in [6, 6.07) is 6.14. The van der Waals surface area contributed by atoms with Gasteiger partial charge in [0, 0.05) is 29.9 Å². The lowest BCUT2D eigenvalue weighted by Crippen LogP contribution is -2.57. The summed E-state index contributed by atoms with van der Waals surface area (Å²) in [6.07, 6.45) is 3.61. The zero-order valence-corrected chi connectivity index (χ0v) is 16.2. The molecule has 0 radical (unpaired) electrons. The third-order valence-electron chi connectivity index (χ3n) is 5.35. The number of nitrogens with zero attached hydrogens (tertiary/aromatic N) is 4. The molecule has 1 aliphatic rings. The van der Waals surface area contributed by atoms with Crippen LogP contribution in [0, 0.1) is 16.7 Å². The van der Waals surface area contributed by atoms with Crippen LogP contribution in [-0.2, 0) is 6.54 Å². The molecule has 3 N–H and O–H groups in total. The van der Waals surface area contributed by atoms with Crippen molar-refractivity contribution in [2.24, 2.45) is 5.41 Å². The smallest absolute Gasteiger partial charge is 0.224 e. The van der Waals surface area contributed by atoms with E-state index in [9.17, 15) is 10.4 Å². The standard InChI is InChI=1S/C20H26N6O/c1-12(2)17-13(6-5-7-22-17)10-23-19-24-11-14(9-21)18(26-19)25-15-8-16(27)20(15,3)4/h5-7,11-12,15-16,27H,8,10H2,1-4H3,(H2,23,24,25,26)/t15-,16+/m0/s1. The Kier molecular flexibility index (Phi) is 5.29. The summed E-state index contributed by atoms with van der Waals surface area (Å²) in [5.41, 5.74) is 2.27. The van der Waals surface area contributed by atoms with Gasteiger partial charge in [-0.1, -0.05) is 33.8 Å². The monoisotopic (exact) mass is 366 g/mol. The van der Waals surface area contributed by atoms with Crippen molar-refractivity contribution in [3.63, 3.8) is 0 Å². The Labute approximate surface area is 159 Å². The van der Waals surface area contributed by atoms with Gasteiger partial charge in [-0.2, -0.15) is 10.2 Å². The molecule has 27 heavy (non-hydrogen) atoms. The van der Waals surface area contributed by atoms with E-state index in [2.05, 4.69) is 45.5 Å². The second kappa shape index (κ2) is 7.49. The van der Waals surface area contributed by atoms with Crippen molar-refractivity contribution in [2.75, 3.05) is 10.6 Å². The van der Waals surface area contributed by atoms with E-state index in [0.29, 0.717) is 36.2 Å². The third-order valence-corrected chi connectivity index (χ3v) is 5.35. The van der Waals surface area contributed by atoms with Crippen molar-refractivity contribution in [3.05, 3.63) is 41.3 Å². The molecule has 2 heterocycles. The van der Waals surface area contributed by atoms with E-state index in [4.69, 9.17) is 0 Å². The summed E-state index contributed by atoms with van der Waals surface area (Å²) in [4.78, 5) is 13.2. The molecule has 0 saturated heterocycles. The highest BCUT2D eigenvalue weighted by Crippen LogP contribution is 2.42. The number of aromatic nitrogens is 3. The molecule has 0 aromatic carbocycles.